The highest BCUT2D eigenvalue weighted by Gasteiger charge is 2.42. The van der Waals surface area contributed by atoms with Crippen LogP contribution in [-0.4, -0.2) is 45.7 Å². The molecule has 1 aliphatic carbocycles. The number of H-pyrrole nitrogens is 1. The second-order valence-electron chi connectivity index (χ2n) is 6.53. The van der Waals surface area contributed by atoms with Crippen molar-refractivity contribution in [2.75, 3.05) is 18.0 Å². The Kier molecular flexibility index (Phi) is 4.21. The van der Waals surface area contributed by atoms with Gasteiger partial charge >= 0.3 is 5.97 Å². The van der Waals surface area contributed by atoms with Gasteiger partial charge in [-0.05, 0) is 42.9 Å². The zero-order valence-corrected chi connectivity index (χ0v) is 14.7. The molecule has 1 saturated heterocycles. The number of halogens is 2. The molecule has 2 unspecified atom stereocenters. The number of rotatable bonds is 4. The van der Waals surface area contributed by atoms with E-state index in [9.17, 15) is 4.79 Å². The predicted molar refractivity (Wildman–Crippen MR) is 92.6 cm³/mol. The van der Waals surface area contributed by atoms with Gasteiger partial charge in [0.2, 0.25) is 5.69 Å². The fourth-order valence-corrected chi connectivity index (χ4v) is 4.12. The van der Waals surface area contributed by atoms with E-state index < -0.39 is 5.97 Å². The van der Waals surface area contributed by atoms with E-state index in [2.05, 4.69) is 20.3 Å². The molecule has 25 heavy (non-hydrogen) atoms. The lowest BCUT2D eigenvalue weighted by atomic mass is 10.0. The average Bonchev–Trinajstić information content (AvgIpc) is 3.24. The van der Waals surface area contributed by atoms with Gasteiger partial charge in [0.05, 0.1) is 10.0 Å². The van der Waals surface area contributed by atoms with Crippen LogP contribution in [0.3, 0.4) is 0 Å². The van der Waals surface area contributed by atoms with Crippen LogP contribution < -0.4 is 9.64 Å². The molecule has 1 saturated carbocycles. The number of ether oxygens (including phenoxy) is 1. The minimum atomic E-state index is -1.12. The number of carboxylic acid groups (broad SMARTS) is 1. The zero-order chi connectivity index (χ0) is 17.6. The van der Waals surface area contributed by atoms with Gasteiger partial charge in [0.15, 0.2) is 0 Å². The van der Waals surface area contributed by atoms with Gasteiger partial charge in [-0.2, -0.15) is 0 Å². The predicted octanol–water partition coefficient (Wildman–Crippen LogP) is 3.10. The van der Waals surface area contributed by atoms with Gasteiger partial charge in [0.25, 0.3) is 5.88 Å². The molecule has 2 aromatic rings. The summed E-state index contributed by atoms with van der Waals surface area (Å²) in [5, 5.41) is 19.8. The summed E-state index contributed by atoms with van der Waals surface area (Å²) in [6, 6.07) is 5.70. The number of anilines is 1. The van der Waals surface area contributed by atoms with E-state index in [0.29, 0.717) is 21.9 Å². The molecule has 1 aromatic heterocycles. The summed E-state index contributed by atoms with van der Waals surface area (Å²) >= 11 is 12.1. The third-order valence-corrected chi connectivity index (χ3v) is 5.72. The monoisotopic (exact) mass is 382 g/mol. The highest BCUT2D eigenvalue weighted by Crippen LogP contribution is 2.42. The molecule has 132 valence electrons. The summed E-state index contributed by atoms with van der Waals surface area (Å²) in [7, 11) is 0. The third kappa shape index (κ3) is 3.14. The molecule has 0 radical (unpaired) electrons. The Balaban J connectivity index is 1.39. The molecule has 0 spiro atoms. The van der Waals surface area contributed by atoms with E-state index in [4.69, 9.17) is 33.0 Å². The van der Waals surface area contributed by atoms with Crippen LogP contribution in [0.1, 0.15) is 23.3 Å². The quantitative estimate of drug-likeness (QED) is 0.843. The number of nitrogens with one attached hydrogen (secondary N) is 1. The maximum atomic E-state index is 11.1. The van der Waals surface area contributed by atoms with Crippen molar-refractivity contribution in [3.63, 3.8) is 0 Å². The van der Waals surface area contributed by atoms with E-state index in [1.54, 1.807) is 0 Å². The second kappa shape index (κ2) is 6.38. The molecule has 0 amide bonds. The molecule has 3 atom stereocenters. The van der Waals surface area contributed by atoms with E-state index in [0.717, 1.165) is 31.6 Å². The first-order valence-corrected chi connectivity index (χ1v) is 8.78. The SMILES string of the molecule is O=C(O)c1[nH]nnc1OC1CC2CN(c3ccc(Cl)c(Cl)c3)C[C@H]2C1. The average molecular weight is 383 g/mol. The van der Waals surface area contributed by atoms with Crippen molar-refractivity contribution in [1.29, 1.82) is 0 Å². The molecule has 2 fully saturated rings. The lowest BCUT2D eigenvalue weighted by molar-refractivity contribution is 0.0682. The molecule has 2 heterocycles. The van der Waals surface area contributed by atoms with Crippen LogP contribution in [0.5, 0.6) is 5.88 Å². The molecular weight excluding hydrogens is 367 g/mol. The summed E-state index contributed by atoms with van der Waals surface area (Å²) in [5.41, 5.74) is 0.973. The van der Waals surface area contributed by atoms with Crippen LogP contribution in [0, 0.1) is 11.8 Å². The Labute approximate surface area is 153 Å². The summed E-state index contributed by atoms with van der Waals surface area (Å²) < 4.78 is 5.78. The lowest BCUT2D eigenvalue weighted by Crippen LogP contribution is -2.24. The van der Waals surface area contributed by atoms with Gasteiger partial charge in [0.1, 0.15) is 6.10 Å². The highest BCUT2D eigenvalue weighted by molar-refractivity contribution is 6.42. The van der Waals surface area contributed by atoms with Crippen molar-refractivity contribution in [3.05, 3.63) is 33.9 Å². The summed E-state index contributed by atoms with van der Waals surface area (Å²) in [6.07, 6.45) is 1.71. The number of hydrogen-bond acceptors (Lipinski definition) is 5. The third-order valence-electron chi connectivity index (χ3n) is 4.98. The van der Waals surface area contributed by atoms with E-state index in [1.807, 2.05) is 18.2 Å². The maximum Gasteiger partial charge on any atom is 0.359 e. The standard InChI is InChI=1S/C16H16Cl2N4O3/c17-12-2-1-10(5-13(12)18)22-6-8-3-11(4-9(8)7-22)25-15-14(16(23)24)19-21-20-15/h1-2,5,8-9,11H,3-4,6-7H2,(H,23,24)(H,19,20,21)/t8-,9?,11?/m1/s1. The molecule has 2 aliphatic rings. The number of carboxylic acids is 1. The van der Waals surface area contributed by atoms with Gasteiger partial charge in [0, 0.05) is 18.8 Å². The fourth-order valence-electron chi connectivity index (χ4n) is 3.83. The van der Waals surface area contributed by atoms with Gasteiger partial charge in [-0.3, -0.25) is 0 Å². The van der Waals surface area contributed by atoms with Crippen LogP contribution in [0.25, 0.3) is 0 Å². The number of fused-ring (bicyclic) bond motifs is 1. The van der Waals surface area contributed by atoms with Gasteiger partial charge < -0.3 is 14.7 Å². The minimum absolute atomic E-state index is 0.0332. The first kappa shape index (κ1) is 16.5. The lowest BCUT2D eigenvalue weighted by Gasteiger charge is -2.21. The van der Waals surface area contributed by atoms with Gasteiger partial charge in [-0.25, -0.2) is 9.89 Å². The molecule has 7 nitrogen and oxygen atoms in total. The number of hydrogen-bond donors (Lipinski definition) is 2. The van der Waals surface area contributed by atoms with Crippen molar-refractivity contribution in [1.82, 2.24) is 15.4 Å². The molecule has 1 aromatic carbocycles. The first-order valence-electron chi connectivity index (χ1n) is 8.02. The number of aromatic nitrogens is 3. The number of carbonyl (C=O) groups is 1. The Bertz CT molecular complexity index is 798. The summed E-state index contributed by atoms with van der Waals surface area (Å²) in [5.74, 6) is -0.0536. The van der Waals surface area contributed by atoms with Gasteiger partial charge in [-0.15, -0.1) is 0 Å². The molecule has 2 N–H and O–H groups in total. The number of aromatic amines is 1. The minimum Gasteiger partial charge on any atom is -0.476 e. The van der Waals surface area contributed by atoms with Crippen molar-refractivity contribution in [2.45, 2.75) is 18.9 Å². The number of aromatic carboxylic acids is 1. The Morgan fingerprint density at radius 3 is 2.60 bits per heavy atom. The van der Waals surface area contributed by atoms with Crippen LogP contribution >= 0.6 is 23.2 Å². The normalized spacial score (nSPS) is 25.2. The fraction of sp³-hybridized carbons (Fsp3) is 0.438. The van der Waals surface area contributed by atoms with Crippen LogP contribution in [0.15, 0.2) is 18.2 Å². The van der Waals surface area contributed by atoms with E-state index >= 15 is 0 Å². The zero-order valence-electron chi connectivity index (χ0n) is 13.2. The Morgan fingerprint density at radius 1 is 1.24 bits per heavy atom. The van der Waals surface area contributed by atoms with Crippen molar-refractivity contribution in [3.8, 4) is 5.88 Å². The van der Waals surface area contributed by atoms with Gasteiger partial charge in [-0.1, -0.05) is 33.5 Å². The first-order chi connectivity index (χ1) is 12.0. The summed E-state index contributed by atoms with van der Waals surface area (Å²) in [6.45, 7) is 1.85. The molecule has 4 rings (SSSR count). The highest BCUT2D eigenvalue weighted by atomic mass is 35.5. The smallest absolute Gasteiger partial charge is 0.359 e. The van der Waals surface area contributed by atoms with Crippen LogP contribution in [-0.2, 0) is 0 Å². The van der Waals surface area contributed by atoms with Crippen molar-refractivity contribution < 1.29 is 14.6 Å². The Morgan fingerprint density at radius 2 is 1.96 bits per heavy atom. The van der Waals surface area contributed by atoms with Crippen molar-refractivity contribution in [2.24, 2.45) is 11.8 Å². The number of benzene rings is 1. The Hall–Kier alpha value is -1.99. The maximum absolute atomic E-state index is 11.1. The van der Waals surface area contributed by atoms with E-state index in [1.165, 1.54) is 0 Å². The van der Waals surface area contributed by atoms with E-state index in [-0.39, 0.29) is 17.7 Å². The molecule has 9 heteroatoms. The molecule has 0 bridgehead atoms. The van der Waals surface area contributed by atoms with Crippen LogP contribution in [0.2, 0.25) is 10.0 Å². The summed E-state index contributed by atoms with van der Waals surface area (Å²) in [4.78, 5) is 13.4. The largest absolute Gasteiger partial charge is 0.476 e. The molecule has 1 aliphatic heterocycles. The van der Waals surface area contributed by atoms with Crippen molar-refractivity contribution >= 4 is 34.9 Å². The number of nitrogens with zero attached hydrogens (tertiary/aromatic N) is 3. The molecular formula is C16H16Cl2N4O3. The second-order valence-corrected chi connectivity index (χ2v) is 7.35. The van der Waals surface area contributed by atoms with Crippen LogP contribution in [0.4, 0.5) is 5.69 Å². The topological polar surface area (TPSA) is 91.3 Å².